The van der Waals surface area contributed by atoms with Gasteiger partial charge in [0.25, 0.3) is 0 Å². The number of aliphatic hydroxyl groups is 1. The zero-order valence-electron chi connectivity index (χ0n) is 9.24. The molecule has 0 aliphatic carbocycles. The van der Waals surface area contributed by atoms with Crippen LogP contribution in [0.3, 0.4) is 0 Å². The summed E-state index contributed by atoms with van der Waals surface area (Å²) in [6.45, 7) is 0.508. The van der Waals surface area contributed by atoms with Crippen LogP contribution >= 0.6 is 11.6 Å². The number of halogens is 1. The van der Waals surface area contributed by atoms with E-state index in [9.17, 15) is 4.79 Å². The third kappa shape index (κ3) is 2.60. The lowest BCUT2D eigenvalue weighted by Gasteiger charge is -2.17. The number of benzene rings is 1. The molecule has 1 aliphatic heterocycles. The molecule has 1 aliphatic rings. The molecule has 1 fully saturated rings. The normalized spacial score (nSPS) is 14.7. The average Bonchev–Trinajstić information content (AvgIpc) is 2.73. The highest BCUT2D eigenvalue weighted by atomic mass is 35.5. The Bertz CT molecular complexity index is 502. The second-order valence-corrected chi connectivity index (χ2v) is 4.21. The lowest BCUT2D eigenvalue weighted by molar-refractivity contribution is -0.117. The molecule has 1 aromatic carbocycles. The van der Waals surface area contributed by atoms with Gasteiger partial charge >= 0.3 is 0 Å². The average molecular weight is 250 g/mol. The summed E-state index contributed by atoms with van der Waals surface area (Å²) >= 11 is 5.91. The SMILES string of the molecule is O=C1CCCN1c1ccc(Cl)cc1C#CCO. The second kappa shape index (κ2) is 5.22. The van der Waals surface area contributed by atoms with Gasteiger partial charge in [0.1, 0.15) is 6.61 Å². The van der Waals surface area contributed by atoms with E-state index < -0.39 is 0 Å². The fraction of sp³-hybridized carbons (Fsp3) is 0.308. The van der Waals surface area contributed by atoms with Crippen molar-refractivity contribution < 1.29 is 9.90 Å². The number of anilines is 1. The molecule has 1 amide bonds. The van der Waals surface area contributed by atoms with Crippen LogP contribution < -0.4 is 4.90 Å². The molecule has 88 valence electrons. The number of rotatable bonds is 1. The minimum absolute atomic E-state index is 0.111. The molecule has 0 unspecified atom stereocenters. The smallest absolute Gasteiger partial charge is 0.227 e. The van der Waals surface area contributed by atoms with Crippen molar-refractivity contribution in [3.63, 3.8) is 0 Å². The summed E-state index contributed by atoms with van der Waals surface area (Å²) in [5.74, 6) is 5.51. The fourth-order valence-corrected chi connectivity index (χ4v) is 2.05. The van der Waals surface area contributed by atoms with Gasteiger partial charge in [0.05, 0.1) is 5.69 Å². The minimum Gasteiger partial charge on any atom is -0.384 e. The molecule has 0 bridgehead atoms. The van der Waals surface area contributed by atoms with Crippen LogP contribution in [0.4, 0.5) is 5.69 Å². The quantitative estimate of drug-likeness (QED) is 0.772. The van der Waals surface area contributed by atoms with Gasteiger partial charge in [0, 0.05) is 23.6 Å². The van der Waals surface area contributed by atoms with Crippen molar-refractivity contribution in [1.29, 1.82) is 0 Å². The van der Waals surface area contributed by atoms with E-state index in [0.717, 1.165) is 12.1 Å². The topological polar surface area (TPSA) is 40.5 Å². The molecule has 0 spiro atoms. The molecule has 0 saturated carbocycles. The van der Waals surface area contributed by atoms with Gasteiger partial charge in [-0.1, -0.05) is 23.4 Å². The Morgan fingerprint density at radius 2 is 2.29 bits per heavy atom. The van der Waals surface area contributed by atoms with E-state index in [2.05, 4.69) is 11.8 Å². The molecular weight excluding hydrogens is 238 g/mol. The van der Waals surface area contributed by atoms with Gasteiger partial charge in [-0.15, -0.1) is 0 Å². The maximum Gasteiger partial charge on any atom is 0.227 e. The van der Waals surface area contributed by atoms with Gasteiger partial charge in [-0.05, 0) is 24.6 Å². The monoisotopic (exact) mass is 249 g/mol. The zero-order chi connectivity index (χ0) is 12.3. The zero-order valence-corrected chi connectivity index (χ0v) is 10.00. The Hall–Kier alpha value is -1.50. The Kier molecular flexibility index (Phi) is 3.68. The predicted octanol–water partition coefficient (Wildman–Crippen LogP) is 1.81. The fourth-order valence-electron chi connectivity index (χ4n) is 1.88. The summed E-state index contributed by atoms with van der Waals surface area (Å²) in [5.41, 5.74) is 1.46. The van der Waals surface area contributed by atoms with E-state index in [-0.39, 0.29) is 12.5 Å². The van der Waals surface area contributed by atoms with Gasteiger partial charge in [-0.3, -0.25) is 4.79 Å². The Balaban J connectivity index is 2.41. The first-order valence-electron chi connectivity index (χ1n) is 5.42. The summed E-state index contributed by atoms with van der Waals surface area (Å²) < 4.78 is 0. The van der Waals surface area contributed by atoms with E-state index in [1.807, 2.05) is 0 Å². The first-order chi connectivity index (χ1) is 8.22. The number of hydrogen-bond acceptors (Lipinski definition) is 2. The van der Waals surface area contributed by atoms with Crippen LogP contribution in [0.1, 0.15) is 18.4 Å². The van der Waals surface area contributed by atoms with E-state index in [1.54, 1.807) is 23.1 Å². The van der Waals surface area contributed by atoms with Crippen LogP contribution in [0, 0.1) is 11.8 Å². The van der Waals surface area contributed by atoms with E-state index in [0.29, 0.717) is 23.6 Å². The maximum absolute atomic E-state index is 11.7. The Morgan fingerprint density at radius 3 is 2.94 bits per heavy atom. The van der Waals surface area contributed by atoms with Crippen LogP contribution in [-0.4, -0.2) is 24.2 Å². The van der Waals surface area contributed by atoms with E-state index >= 15 is 0 Å². The third-order valence-corrected chi connectivity index (χ3v) is 2.86. The number of carbonyl (C=O) groups excluding carboxylic acids is 1. The summed E-state index contributed by atoms with van der Waals surface area (Å²) in [4.78, 5) is 13.4. The molecule has 3 nitrogen and oxygen atoms in total. The van der Waals surface area contributed by atoms with E-state index in [4.69, 9.17) is 16.7 Å². The lowest BCUT2D eigenvalue weighted by atomic mass is 10.1. The molecule has 2 rings (SSSR count). The van der Waals surface area contributed by atoms with Crippen molar-refractivity contribution >= 4 is 23.2 Å². The molecule has 0 radical (unpaired) electrons. The standard InChI is InChI=1S/C13H12ClNO2/c14-11-5-6-12(10(9-11)3-2-8-16)15-7-1-4-13(15)17/h5-6,9,16H,1,4,7-8H2. The van der Waals surface area contributed by atoms with Gasteiger partial charge in [0.2, 0.25) is 5.91 Å². The van der Waals surface area contributed by atoms with Crippen molar-refractivity contribution in [2.75, 3.05) is 18.1 Å². The van der Waals surface area contributed by atoms with Crippen molar-refractivity contribution in [2.24, 2.45) is 0 Å². The minimum atomic E-state index is -0.208. The number of aliphatic hydroxyl groups excluding tert-OH is 1. The first kappa shape index (κ1) is 12.0. The molecular formula is C13H12ClNO2. The first-order valence-corrected chi connectivity index (χ1v) is 5.80. The highest BCUT2D eigenvalue weighted by molar-refractivity contribution is 6.30. The molecule has 0 atom stereocenters. The van der Waals surface area contributed by atoms with Crippen LogP contribution in [0.25, 0.3) is 0 Å². The van der Waals surface area contributed by atoms with Crippen molar-refractivity contribution in [2.45, 2.75) is 12.8 Å². The van der Waals surface area contributed by atoms with Crippen LogP contribution in [0.15, 0.2) is 18.2 Å². The molecule has 1 saturated heterocycles. The molecule has 0 aromatic heterocycles. The second-order valence-electron chi connectivity index (χ2n) is 3.77. The maximum atomic E-state index is 11.7. The van der Waals surface area contributed by atoms with Gasteiger partial charge in [-0.2, -0.15) is 0 Å². The summed E-state index contributed by atoms with van der Waals surface area (Å²) in [7, 11) is 0. The number of hydrogen-bond donors (Lipinski definition) is 1. The van der Waals surface area contributed by atoms with Crippen molar-refractivity contribution in [3.8, 4) is 11.8 Å². The van der Waals surface area contributed by atoms with Gasteiger partial charge < -0.3 is 10.0 Å². The molecule has 1 heterocycles. The molecule has 17 heavy (non-hydrogen) atoms. The van der Waals surface area contributed by atoms with Crippen LogP contribution in [0.2, 0.25) is 5.02 Å². The summed E-state index contributed by atoms with van der Waals surface area (Å²) in [6.07, 6.45) is 1.45. The third-order valence-electron chi connectivity index (χ3n) is 2.62. The Labute approximate surface area is 105 Å². The number of nitrogens with zero attached hydrogens (tertiary/aromatic N) is 1. The van der Waals surface area contributed by atoms with Crippen LogP contribution in [-0.2, 0) is 4.79 Å². The van der Waals surface area contributed by atoms with E-state index in [1.165, 1.54) is 0 Å². The largest absolute Gasteiger partial charge is 0.384 e. The summed E-state index contributed by atoms with van der Waals surface area (Å²) in [6, 6.07) is 5.25. The Morgan fingerprint density at radius 1 is 1.47 bits per heavy atom. The predicted molar refractivity (Wildman–Crippen MR) is 67.0 cm³/mol. The summed E-state index contributed by atoms with van der Waals surface area (Å²) in [5, 5.41) is 9.29. The van der Waals surface area contributed by atoms with Crippen molar-refractivity contribution in [3.05, 3.63) is 28.8 Å². The highest BCUT2D eigenvalue weighted by Crippen LogP contribution is 2.27. The number of carbonyl (C=O) groups is 1. The van der Waals surface area contributed by atoms with Crippen molar-refractivity contribution in [1.82, 2.24) is 0 Å². The number of amides is 1. The molecule has 1 N–H and O–H groups in total. The van der Waals surface area contributed by atoms with Gasteiger partial charge in [0.15, 0.2) is 0 Å². The van der Waals surface area contributed by atoms with Gasteiger partial charge in [-0.25, -0.2) is 0 Å². The highest BCUT2D eigenvalue weighted by Gasteiger charge is 2.23. The molecule has 1 aromatic rings. The molecule has 4 heteroatoms. The lowest BCUT2D eigenvalue weighted by Crippen LogP contribution is -2.24. The van der Waals surface area contributed by atoms with Crippen LogP contribution in [0.5, 0.6) is 0 Å².